The molecule has 0 bridgehead atoms. The number of amides is 1. The summed E-state index contributed by atoms with van der Waals surface area (Å²) in [7, 11) is -3.96. The molecule has 34 heavy (non-hydrogen) atoms. The summed E-state index contributed by atoms with van der Waals surface area (Å²) in [5.41, 5.74) is 2.75. The number of ether oxygens (including phenoxy) is 1. The van der Waals surface area contributed by atoms with Crippen LogP contribution in [-0.2, 0) is 27.8 Å². The van der Waals surface area contributed by atoms with Crippen molar-refractivity contribution >= 4 is 33.4 Å². The van der Waals surface area contributed by atoms with Gasteiger partial charge in [-0.15, -0.1) is 11.8 Å². The lowest BCUT2D eigenvalue weighted by molar-refractivity contribution is -0.130. The first kappa shape index (κ1) is 24.2. The minimum atomic E-state index is -3.96. The fourth-order valence-corrected chi connectivity index (χ4v) is 5.82. The van der Waals surface area contributed by atoms with Gasteiger partial charge in [0.15, 0.2) is 0 Å². The first-order chi connectivity index (χ1) is 16.4. The average molecular weight is 497 g/mol. The summed E-state index contributed by atoms with van der Waals surface area (Å²) >= 11 is 1.54. The number of sulfonamides is 1. The number of carbonyl (C=O) groups excluding carboxylic acids is 1. The van der Waals surface area contributed by atoms with Gasteiger partial charge in [-0.05, 0) is 79.3 Å². The van der Waals surface area contributed by atoms with Gasteiger partial charge in [0.25, 0.3) is 10.0 Å². The predicted molar refractivity (Wildman–Crippen MR) is 136 cm³/mol. The van der Waals surface area contributed by atoms with Crippen molar-refractivity contribution in [3.05, 3.63) is 83.9 Å². The molecule has 1 aliphatic heterocycles. The van der Waals surface area contributed by atoms with Gasteiger partial charge in [-0.3, -0.25) is 9.10 Å². The molecule has 0 atom stereocenters. The van der Waals surface area contributed by atoms with Crippen LogP contribution >= 0.6 is 11.8 Å². The van der Waals surface area contributed by atoms with Gasteiger partial charge in [0.05, 0.1) is 17.2 Å². The average Bonchev–Trinajstić information content (AvgIpc) is 2.87. The quantitative estimate of drug-likeness (QED) is 0.427. The molecule has 0 N–H and O–H groups in total. The maximum Gasteiger partial charge on any atom is 0.264 e. The third-order valence-electron chi connectivity index (χ3n) is 5.85. The number of benzene rings is 3. The van der Waals surface area contributed by atoms with E-state index in [1.165, 1.54) is 21.6 Å². The number of fused-ring (bicyclic) bond motifs is 1. The summed E-state index contributed by atoms with van der Waals surface area (Å²) in [4.78, 5) is 16.2. The molecule has 8 heteroatoms. The molecule has 0 spiro atoms. The summed E-state index contributed by atoms with van der Waals surface area (Å²) in [6.45, 7) is 3.17. The van der Waals surface area contributed by atoms with Crippen molar-refractivity contribution in [1.29, 1.82) is 0 Å². The largest absolute Gasteiger partial charge is 0.494 e. The van der Waals surface area contributed by atoms with Crippen molar-refractivity contribution in [1.82, 2.24) is 4.90 Å². The number of carbonyl (C=O) groups is 1. The smallest absolute Gasteiger partial charge is 0.264 e. The third-order valence-corrected chi connectivity index (χ3v) is 8.38. The molecular weight excluding hydrogens is 468 g/mol. The van der Waals surface area contributed by atoms with Crippen LogP contribution in [0.3, 0.4) is 0 Å². The van der Waals surface area contributed by atoms with E-state index in [4.69, 9.17) is 4.74 Å². The zero-order valence-corrected chi connectivity index (χ0v) is 20.9. The van der Waals surface area contributed by atoms with Gasteiger partial charge in [0.2, 0.25) is 5.91 Å². The second kappa shape index (κ2) is 10.5. The van der Waals surface area contributed by atoms with Crippen LogP contribution < -0.4 is 9.04 Å². The van der Waals surface area contributed by atoms with Crippen molar-refractivity contribution in [2.24, 2.45) is 0 Å². The summed E-state index contributed by atoms with van der Waals surface area (Å²) < 4.78 is 34.0. The molecule has 0 aromatic heterocycles. The van der Waals surface area contributed by atoms with E-state index in [0.717, 1.165) is 16.9 Å². The molecule has 0 radical (unpaired) electrons. The molecule has 1 aliphatic rings. The normalized spacial score (nSPS) is 13.3. The zero-order valence-electron chi connectivity index (χ0n) is 19.3. The Bertz CT molecular complexity index is 1240. The highest BCUT2D eigenvalue weighted by molar-refractivity contribution is 7.98. The molecule has 3 aromatic carbocycles. The molecule has 0 fully saturated rings. The molecule has 178 valence electrons. The first-order valence-corrected chi connectivity index (χ1v) is 13.8. The highest BCUT2D eigenvalue weighted by Gasteiger charge is 2.30. The van der Waals surface area contributed by atoms with Crippen LogP contribution in [0.2, 0.25) is 0 Å². The number of rotatable bonds is 8. The van der Waals surface area contributed by atoms with Crippen LogP contribution in [-0.4, -0.2) is 45.2 Å². The highest BCUT2D eigenvalue weighted by Crippen LogP contribution is 2.28. The van der Waals surface area contributed by atoms with Crippen LogP contribution in [0.5, 0.6) is 5.75 Å². The van der Waals surface area contributed by atoms with Gasteiger partial charge in [0, 0.05) is 18.0 Å². The van der Waals surface area contributed by atoms with E-state index in [9.17, 15) is 13.2 Å². The van der Waals surface area contributed by atoms with E-state index in [1.807, 2.05) is 31.4 Å². The summed E-state index contributed by atoms with van der Waals surface area (Å²) in [5.74, 6) is 0.416. The van der Waals surface area contributed by atoms with E-state index in [0.29, 0.717) is 31.1 Å². The summed E-state index contributed by atoms with van der Waals surface area (Å²) in [6, 6.07) is 21.6. The number of hydrogen-bond acceptors (Lipinski definition) is 5. The molecule has 4 rings (SSSR count). The molecule has 0 saturated carbocycles. The molecule has 6 nitrogen and oxygen atoms in total. The van der Waals surface area contributed by atoms with E-state index in [2.05, 4.69) is 6.07 Å². The predicted octanol–water partition coefficient (Wildman–Crippen LogP) is 4.59. The van der Waals surface area contributed by atoms with Crippen molar-refractivity contribution in [3.8, 4) is 5.75 Å². The molecule has 0 unspecified atom stereocenters. The Morgan fingerprint density at radius 2 is 1.68 bits per heavy atom. The van der Waals surface area contributed by atoms with Gasteiger partial charge >= 0.3 is 0 Å². The van der Waals surface area contributed by atoms with Crippen molar-refractivity contribution in [2.45, 2.75) is 29.7 Å². The minimum Gasteiger partial charge on any atom is -0.494 e. The van der Waals surface area contributed by atoms with Crippen molar-refractivity contribution < 1.29 is 17.9 Å². The van der Waals surface area contributed by atoms with Crippen LogP contribution in [0.1, 0.15) is 18.1 Å². The Morgan fingerprint density at radius 3 is 2.32 bits per heavy atom. The third kappa shape index (κ3) is 5.23. The molecule has 3 aromatic rings. The number of thioether (sulfide) groups is 1. The molecule has 0 aliphatic carbocycles. The maximum atomic E-state index is 13.7. The first-order valence-electron chi connectivity index (χ1n) is 11.2. The van der Waals surface area contributed by atoms with Gasteiger partial charge in [-0.1, -0.05) is 24.3 Å². The molecule has 0 saturated heterocycles. The van der Waals surface area contributed by atoms with Gasteiger partial charge in [-0.25, -0.2) is 8.42 Å². The van der Waals surface area contributed by atoms with Crippen LogP contribution in [0.15, 0.2) is 82.6 Å². The fourth-order valence-electron chi connectivity index (χ4n) is 4.00. The van der Waals surface area contributed by atoms with Crippen LogP contribution in [0.4, 0.5) is 5.69 Å². The van der Waals surface area contributed by atoms with Crippen molar-refractivity contribution in [2.75, 3.05) is 30.3 Å². The highest BCUT2D eigenvalue weighted by atomic mass is 32.2. The lowest BCUT2D eigenvalue weighted by Crippen LogP contribution is -2.44. The second-order valence-corrected chi connectivity index (χ2v) is 10.7. The van der Waals surface area contributed by atoms with Crippen LogP contribution in [0.25, 0.3) is 0 Å². The fraction of sp³-hybridized carbons (Fsp3) is 0.269. The Hall–Kier alpha value is -2.97. The van der Waals surface area contributed by atoms with E-state index in [-0.39, 0.29) is 17.3 Å². The second-order valence-electron chi connectivity index (χ2n) is 7.95. The Balaban J connectivity index is 1.64. The SMILES string of the molecule is CCOc1ccc(N(CC(=O)N2CCc3ccccc3C2)S(=O)(=O)c2ccc(SC)cc2)cc1. The maximum absolute atomic E-state index is 13.7. The van der Waals surface area contributed by atoms with E-state index < -0.39 is 10.0 Å². The Morgan fingerprint density at radius 1 is 1.00 bits per heavy atom. The van der Waals surface area contributed by atoms with Gasteiger partial charge < -0.3 is 9.64 Å². The van der Waals surface area contributed by atoms with Crippen LogP contribution in [0, 0.1) is 0 Å². The lowest BCUT2D eigenvalue weighted by Gasteiger charge is -2.32. The van der Waals surface area contributed by atoms with E-state index >= 15 is 0 Å². The zero-order chi connectivity index (χ0) is 24.1. The van der Waals surface area contributed by atoms with Crippen molar-refractivity contribution in [3.63, 3.8) is 0 Å². The van der Waals surface area contributed by atoms with Gasteiger partial charge in [-0.2, -0.15) is 0 Å². The van der Waals surface area contributed by atoms with E-state index in [1.54, 1.807) is 53.4 Å². The molecule has 1 amide bonds. The van der Waals surface area contributed by atoms with Gasteiger partial charge in [0.1, 0.15) is 12.3 Å². The number of nitrogens with zero attached hydrogens (tertiary/aromatic N) is 2. The minimum absolute atomic E-state index is 0.149. The Labute approximate surface area is 205 Å². The summed E-state index contributed by atoms with van der Waals surface area (Å²) in [5, 5.41) is 0. The number of anilines is 1. The standard InChI is InChI=1S/C26H28N2O4S2/c1-3-32-23-10-8-22(9-11-23)28(34(30,31)25-14-12-24(33-2)13-15-25)19-26(29)27-17-16-20-6-4-5-7-21(20)18-27/h4-15H,3,16-19H2,1-2H3. The monoisotopic (exact) mass is 496 g/mol. The number of hydrogen-bond donors (Lipinski definition) is 0. The Kier molecular flexibility index (Phi) is 7.48. The topological polar surface area (TPSA) is 66.9 Å². The lowest BCUT2D eigenvalue weighted by atomic mass is 10.00. The summed E-state index contributed by atoms with van der Waals surface area (Å²) in [6.07, 6.45) is 2.69. The molecular formula is C26H28N2O4S2. The molecule has 1 heterocycles.